The molecule has 1 rings (SSSR count). The van der Waals surface area contributed by atoms with Gasteiger partial charge in [0.15, 0.2) is 0 Å². The minimum atomic E-state index is -0.444. The van der Waals surface area contributed by atoms with Gasteiger partial charge in [-0.1, -0.05) is 39.3 Å². The highest BCUT2D eigenvalue weighted by molar-refractivity contribution is 5.87. The summed E-state index contributed by atoms with van der Waals surface area (Å²) >= 11 is 0. The Balaban J connectivity index is 2.92. The van der Waals surface area contributed by atoms with Crippen LogP contribution in [0.2, 0.25) is 0 Å². The number of unbranched alkanes of at least 4 members (excludes halogenated alkanes) is 1. The highest BCUT2D eigenvalue weighted by Gasteiger charge is 2.27. The molecule has 0 aliphatic carbocycles. The summed E-state index contributed by atoms with van der Waals surface area (Å²) in [6.45, 7) is 6.90. The Morgan fingerprint density at radius 2 is 2.00 bits per heavy atom. The van der Waals surface area contributed by atoms with Gasteiger partial charge in [-0.25, -0.2) is 0 Å². The summed E-state index contributed by atoms with van der Waals surface area (Å²) in [5, 5.41) is 2.94. The van der Waals surface area contributed by atoms with E-state index in [2.05, 4.69) is 12.2 Å². The van der Waals surface area contributed by atoms with E-state index in [1.807, 2.05) is 38.1 Å². The molecule has 134 valence electrons. The van der Waals surface area contributed by atoms with E-state index in [0.717, 1.165) is 24.2 Å². The number of amides is 2. The molecule has 1 aromatic carbocycles. The number of nitrogens with zero attached hydrogens (tertiary/aromatic N) is 1. The van der Waals surface area contributed by atoms with Crippen LogP contribution >= 0.6 is 0 Å². The van der Waals surface area contributed by atoms with Gasteiger partial charge in [-0.05, 0) is 30.5 Å². The van der Waals surface area contributed by atoms with Gasteiger partial charge < -0.3 is 15.0 Å². The van der Waals surface area contributed by atoms with Crippen molar-refractivity contribution in [3.05, 3.63) is 29.8 Å². The zero-order valence-corrected chi connectivity index (χ0v) is 15.3. The molecular weight excluding hydrogens is 304 g/mol. The number of benzene rings is 1. The summed E-state index contributed by atoms with van der Waals surface area (Å²) in [5.74, 6) is 0.655. The van der Waals surface area contributed by atoms with Gasteiger partial charge >= 0.3 is 0 Å². The molecule has 2 amide bonds. The van der Waals surface area contributed by atoms with Gasteiger partial charge in [-0.2, -0.15) is 0 Å². The van der Waals surface area contributed by atoms with E-state index in [0.29, 0.717) is 25.9 Å². The Kier molecular flexibility index (Phi) is 8.90. The van der Waals surface area contributed by atoms with Crippen molar-refractivity contribution in [2.45, 2.75) is 59.0 Å². The highest BCUT2D eigenvalue weighted by atomic mass is 16.5. The molecule has 0 fully saturated rings. The average molecular weight is 334 g/mol. The lowest BCUT2D eigenvalue weighted by molar-refractivity contribution is -0.141. The van der Waals surface area contributed by atoms with Crippen LogP contribution in [0.15, 0.2) is 24.3 Å². The third kappa shape index (κ3) is 5.87. The normalized spacial score (nSPS) is 11.7. The lowest BCUT2D eigenvalue weighted by Crippen LogP contribution is -2.49. The predicted octanol–water partition coefficient (Wildman–Crippen LogP) is 3.13. The first-order valence-electron chi connectivity index (χ1n) is 8.77. The van der Waals surface area contributed by atoms with Crippen LogP contribution in [0, 0.1) is 0 Å². The average Bonchev–Trinajstić information content (AvgIpc) is 2.61. The first-order chi connectivity index (χ1) is 11.6. The van der Waals surface area contributed by atoms with Crippen molar-refractivity contribution in [1.82, 2.24) is 10.2 Å². The number of methoxy groups -OCH3 is 1. The lowest BCUT2D eigenvalue weighted by atomic mass is 10.1. The Morgan fingerprint density at radius 3 is 2.58 bits per heavy atom. The van der Waals surface area contributed by atoms with Crippen molar-refractivity contribution in [1.29, 1.82) is 0 Å². The molecular formula is C19H30N2O3. The molecule has 1 atom stereocenters. The van der Waals surface area contributed by atoms with Crippen LogP contribution in [0.5, 0.6) is 5.75 Å². The summed E-state index contributed by atoms with van der Waals surface area (Å²) in [4.78, 5) is 26.6. The van der Waals surface area contributed by atoms with Crippen molar-refractivity contribution in [2.24, 2.45) is 0 Å². The third-order valence-corrected chi connectivity index (χ3v) is 4.00. The van der Waals surface area contributed by atoms with E-state index in [9.17, 15) is 9.59 Å². The Bertz CT molecular complexity index is 531. The number of hydrogen-bond acceptors (Lipinski definition) is 3. The van der Waals surface area contributed by atoms with Crippen LogP contribution in [0.4, 0.5) is 0 Å². The van der Waals surface area contributed by atoms with Crippen LogP contribution in [-0.2, 0) is 16.1 Å². The van der Waals surface area contributed by atoms with Gasteiger partial charge in [0.05, 0.1) is 7.11 Å². The zero-order chi connectivity index (χ0) is 17.9. The zero-order valence-electron chi connectivity index (χ0n) is 15.3. The Labute approximate surface area is 145 Å². The predicted molar refractivity (Wildman–Crippen MR) is 95.8 cm³/mol. The second kappa shape index (κ2) is 10.7. The Morgan fingerprint density at radius 1 is 1.25 bits per heavy atom. The first kappa shape index (κ1) is 20.0. The van der Waals surface area contributed by atoms with Crippen LogP contribution in [0.25, 0.3) is 0 Å². The summed E-state index contributed by atoms with van der Waals surface area (Å²) in [7, 11) is 1.62. The van der Waals surface area contributed by atoms with E-state index in [1.54, 1.807) is 12.0 Å². The minimum Gasteiger partial charge on any atom is -0.497 e. The molecule has 5 nitrogen and oxygen atoms in total. The maximum atomic E-state index is 12.5. The van der Waals surface area contributed by atoms with E-state index in [-0.39, 0.29) is 11.8 Å². The minimum absolute atomic E-state index is 0.0182. The fourth-order valence-corrected chi connectivity index (χ4v) is 2.60. The van der Waals surface area contributed by atoms with Crippen LogP contribution in [0.1, 0.15) is 52.0 Å². The number of carbonyl (C=O) groups is 2. The molecule has 1 aromatic rings. The maximum Gasteiger partial charge on any atom is 0.242 e. The molecule has 0 saturated carbocycles. The van der Waals surface area contributed by atoms with E-state index in [1.165, 1.54) is 0 Å². The molecule has 0 spiro atoms. The topological polar surface area (TPSA) is 58.6 Å². The van der Waals surface area contributed by atoms with Crippen molar-refractivity contribution in [3.63, 3.8) is 0 Å². The molecule has 0 bridgehead atoms. The van der Waals surface area contributed by atoms with Crippen molar-refractivity contribution in [2.75, 3.05) is 13.7 Å². The van der Waals surface area contributed by atoms with Gasteiger partial charge in [-0.15, -0.1) is 0 Å². The number of ether oxygens (including phenoxy) is 1. The van der Waals surface area contributed by atoms with Crippen molar-refractivity contribution < 1.29 is 14.3 Å². The molecule has 0 heterocycles. The number of rotatable bonds is 10. The molecule has 0 aliphatic heterocycles. The van der Waals surface area contributed by atoms with Gasteiger partial charge in [0.25, 0.3) is 0 Å². The Hall–Kier alpha value is -2.04. The van der Waals surface area contributed by atoms with Crippen LogP contribution < -0.4 is 10.1 Å². The SMILES string of the molecule is CCCCNC(=O)[C@@H](CC)N(Cc1cccc(OC)c1)C(=O)CC. The summed E-state index contributed by atoms with van der Waals surface area (Å²) in [6, 6.07) is 7.16. The second-order valence-corrected chi connectivity index (χ2v) is 5.80. The molecule has 0 aromatic heterocycles. The number of hydrogen-bond donors (Lipinski definition) is 1. The molecule has 24 heavy (non-hydrogen) atoms. The van der Waals surface area contributed by atoms with Crippen LogP contribution in [0.3, 0.4) is 0 Å². The summed E-state index contributed by atoms with van der Waals surface area (Å²) < 4.78 is 5.24. The number of nitrogens with one attached hydrogen (secondary N) is 1. The molecule has 0 unspecified atom stereocenters. The van der Waals surface area contributed by atoms with Crippen LogP contribution in [-0.4, -0.2) is 36.4 Å². The first-order valence-corrected chi connectivity index (χ1v) is 8.77. The quantitative estimate of drug-likeness (QED) is 0.669. The lowest BCUT2D eigenvalue weighted by Gasteiger charge is -2.30. The third-order valence-electron chi connectivity index (χ3n) is 4.00. The van der Waals surface area contributed by atoms with E-state index < -0.39 is 6.04 Å². The molecule has 0 radical (unpaired) electrons. The van der Waals surface area contributed by atoms with E-state index >= 15 is 0 Å². The largest absolute Gasteiger partial charge is 0.497 e. The highest BCUT2D eigenvalue weighted by Crippen LogP contribution is 2.17. The number of carbonyl (C=O) groups excluding carboxylic acids is 2. The van der Waals surface area contributed by atoms with Gasteiger partial charge in [-0.3, -0.25) is 9.59 Å². The fourth-order valence-electron chi connectivity index (χ4n) is 2.60. The standard InChI is InChI=1S/C19H30N2O3/c1-5-8-12-20-19(23)17(6-2)21(18(22)7-3)14-15-10-9-11-16(13-15)24-4/h9-11,13,17H,5-8,12,14H2,1-4H3,(H,20,23)/t17-/m1/s1. The van der Waals surface area contributed by atoms with Gasteiger partial charge in [0.1, 0.15) is 11.8 Å². The fraction of sp³-hybridized carbons (Fsp3) is 0.579. The molecule has 0 aliphatic rings. The molecule has 5 heteroatoms. The summed E-state index contributed by atoms with van der Waals surface area (Å²) in [5.41, 5.74) is 0.955. The van der Waals surface area contributed by atoms with Gasteiger partial charge in [0.2, 0.25) is 11.8 Å². The van der Waals surface area contributed by atoms with Crippen molar-refractivity contribution in [3.8, 4) is 5.75 Å². The smallest absolute Gasteiger partial charge is 0.242 e. The maximum absolute atomic E-state index is 12.5. The van der Waals surface area contributed by atoms with E-state index in [4.69, 9.17) is 4.74 Å². The van der Waals surface area contributed by atoms with Crippen molar-refractivity contribution >= 4 is 11.8 Å². The summed E-state index contributed by atoms with van der Waals surface area (Å²) in [6.07, 6.45) is 2.94. The molecule has 0 saturated heterocycles. The second-order valence-electron chi connectivity index (χ2n) is 5.80. The molecule has 1 N–H and O–H groups in total. The monoisotopic (exact) mass is 334 g/mol. The van der Waals surface area contributed by atoms with Gasteiger partial charge in [0, 0.05) is 19.5 Å².